The van der Waals surface area contributed by atoms with Crippen molar-refractivity contribution in [2.75, 3.05) is 17.3 Å². The quantitative estimate of drug-likeness (QED) is 0.334. The smallest absolute Gasteiger partial charge is 0.311 e. The van der Waals surface area contributed by atoms with Gasteiger partial charge in [0, 0.05) is 4.90 Å². The van der Waals surface area contributed by atoms with Gasteiger partial charge in [0.2, 0.25) is 0 Å². The van der Waals surface area contributed by atoms with Gasteiger partial charge in [0.25, 0.3) is 0 Å². The number of nitrogens with one attached hydrogen (secondary N) is 3. The Kier molecular flexibility index (Phi) is 4.31. The lowest BCUT2D eigenvalue weighted by molar-refractivity contribution is -0.351. The average Bonchev–Trinajstić information content (AvgIpc) is 3.11. The van der Waals surface area contributed by atoms with E-state index in [1.165, 1.54) is 22.9 Å². The van der Waals surface area contributed by atoms with Crippen molar-refractivity contribution in [2.45, 2.75) is 4.90 Å². The number of hydrogen-bond acceptors (Lipinski definition) is 3. The molecule has 1 aliphatic heterocycles. The highest BCUT2D eigenvalue weighted by atomic mass is 32.2. The fraction of sp³-hybridized carbons (Fsp3) is 0.0500. The van der Waals surface area contributed by atoms with E-state index in [9.17, 15) is 0 Å². The monoisotopic (exact) mass is 347 g/mol. The number of para-hydroxylation sites is 1. The first kappa shape index (κ1) is 15.6. The molecule has 0 aromatic heterocycles. The third-order valence-electron chi connectivity index (χ3n) is 4.03. The summed E-state index contributed by atoms with van der Waals surface area (Å²) in [5, 5.41) is 7.28. The summed E-state index contributed by atoms with van der Waals surface area (Å²) in [5.74, 6) is 0. The van der Waals surface area contributed by atoms with Crippen molar-refractivity contribution in [1.29, 1.82) is 0 Å². The molecule has 0 bridgehead atoms. The number of nitrogens with two attached hydrogens (primary N) is 1. The van der Waals surface area contributed by atoms with Gasteiger partial charge < -0.3 is 10.6 Å². The number of rotatable bonds is 3. The molecule has 1 heterocycles. The van der Waals surface area contributed by atoms with Crippen LogP contribution in [0.4, 0.5) is 17.1 Å². The van der Waals surface area contributed by atoms with E-state index in [0.29, 0.717) is 5.17 Å². The van der Waals surface area contributed by atoms with E-state index in [0.717, 1.165) is 28.6 Å². The predicted octanol–water partition coefficient (Wildman–Crippen LogP) is 2.97. The molecule has 1 aliphatic rings. The standard InChI is InChI=1S/C20H18N4S/c21-20(24-16-4-2-1-3-5-16)25-17-9-6-14(7-10-17)15-8-11-18-19(12-15)23-13-22-18/h1-12,22-23H,13H2,(H2,21,24)/p+1. The highest BCUT2D eigenvalue weighted by Gasteiger charge is 2.10. The molecule has 0 atom stereocenters. The highest BCUT2D eigenvalue weighted by molar-refractivity contribution is 8.13. The minimum absolute atomic E-state index is 0.659. The van der Waals surface area contributed by atoms with Gasteiger partial charge in [0.1, 0.15) is 5.69 Å². The molecule has 3 aromatic rings. The molecule has 25 heavy (non-hydrogen) atoms. The molecule has 3 aromatic carbocycles. The maximum Gasteiger partial charge on any atom is 0.311 e. The van der Waals surface area contributed by atoms with Crippen molar-refractivity contribution in [3.8, 4) is 11.1 Å². The second-order valence-corrected chi connectivity index (χ2v) is 6.89. The van der Waals surface area contributed by atoms with Gasteiger partial charge in [-0.15, -0.1) is 0 Å². The second kappa shape index (κ2) is 6.91. The molecule has 0 saturated carbocycles. The van der Waals surface area contributed by atoms with E-state index >= 15 is 0 Å². The second-order valence-electron chi connectivity index (χ2n) is 5.77. The van der Waals surface area contributed by atoms with Crippen LogP contribution in [0.5, 0.6) is 0 Å². The van der Waals surface area contributed by atoms with Crippen LogP contribution in [0.1, 0.15) is 0 Å². The zero-order valence-corrected chi connectivity index (χ0v) is 14.4. The maximum absolute atomic E-state index is 6.10. The van der Waals surface area contributed by atoms with Crippen molar-refractivity contribution >= 4 is 34.0 Å². The first-order valence-electron chi connectivity index (χ1n) is 8.12. The summed E-state index contributed by atoms with van der Waals surface area (Å²) in [6.45, 7) is 0.790. The zero-order valence-electron chi connectivity index (χ0n) is 13.6. The Bertz CT molecular complexity index is 905. The van der Waals surface area contributed by atoms with Crippen LogP contribution in [0.3, 0.4) is 0 Å². The molecule has 0 spiro atoms. The number of anilines is 2. The fourth-order valence-electron chi connectivity index (χ4n) is 2.79. The Hall–Kier alpha value is -2.92. The van der Waals surface area contributed by atoms with Gasteiger partial charge in [-0.05, 0) is 59.3 Å². The Morgan fingerprint density at radius 1 is 0.840 bits per heavy atom. The molecule has 124 valence electrons. The number of fused-ring (bicyclic) bond motifs is 1. The molecule has 0 saturated heterocycles. The van der Waals surface area contributed by atoms with Crippen molar-refractivity contribution in [3.05, 3.63) is 72.8 Å². The van der Waals surface area contributed by atoms with Crippen LogP contribution in [0.15, 0.2) is 77.7 Å². The number of amidine groups is 1. The van der Waals surface area contributed by atoms with Crippen molar-refractivity contribution < 1.29 is 4.99 Å². The van der Waals surface area contributed by atoms with Gasteiger partial charge in [-0.2, -0.15) is 0 Å². The summed E-state index contributed by atoms with van der Waals surface area (Å²) in [7, 11) is 0. The lowest BCUT2D eigenvalue weighted by Crippen LogP contribution is -2.68. The minimum Gasteiger partial charge on any atom is -0.366 e. The van der Waals surface area contributed by atoms with E-state index in [1.54, 1.807) is 0 Å². The van der Waals surface area contributed by atoms with Crippen molar-refractivity contribution in [3.63, 3.8) is 0 Å². The van der Waals surface area contributed by atoms with Crippen LogP contribution < -0.4 is 21.4 Å². The first-order chi connectivity index (χ1) is 12.3. The molecular weight excluding hydrogens is 328 g/mol. The van der Waals surface area contributed by atoms with Crippen LogP contribution in [0, 0.1) is 0 Å². The Balaban J connectivity index is 1.49. The van der Waals surface area contributed by atoms with E-state index in [4.69, 9.17) is 5.73 Å². The van der Waals surface area contributed by atoms with Gasteiger partial charge in [0.05, 0.1) is 18.0 Å². The molecule has 0 radical (unpaired) electrons. The van der Waals surface area contributed by atoms with Gasteiger partial charge in [-0.25, -0.2) is 4.99 Å². The van der Waals surface area contributed by atoms with Crippen molar-refractivity contribution in [1.82, 2.24) is 0 Å². The molecule has 5 heteroatoms. The van der Waals surface area contributed by atoms with Crippen LogP contribution in [0.2, 0.25) is 0 Å². The SMILES string of the molecule is NC(=[NH+]c1ccccc1)Sc1ccc(-c2ccc3c(c2)NCN3)cc1. The third-order valence-corrected chi connectivity index (χ3v) is 4.86. The zero-order chi connectivity index (χ0) is 17.1. The van der Waals surface area contributed by atoms with E-state index in [1.807, 2.05) is 30.3 Å². The van der Waals surface area contributed by atoms with E-state index in [-0.39, 0.29) is 0 Å². The molecule has 4 rings (SSSR count). The molecule has 5 N–H and O–H groups in total. The van der Waals surface area contributed by atoms with E-state index < -0.39 is 0 Å². The molecule has 0 unspecified atom stereocenters. The van der Waals surface area contributed by atoms with Crippen LogP contribution in [-0.2, 0) is 0 Å². The molecular formula is C20H19N4S+. The molecule has 0 amide bonds. The Morgan fingerprint density at radius 3 is 2.36 bits per heavy atom. The lowest BCUT2D eigenvalue weighted by atomic mass is 10.0. The fourth-order valence-corrected chi connectivity index (χ4v) is 3.49. The lowest BCUT2D eigenvalue weighted by Gasteiger charge is -2.06. The van der Waals surface area contributed by atoms with Gasteiger partial charge in [-0.1, -0.05) is 36.4 Å². The summed E-state index contributed by atoms with van der Waals surface area (Å²) in [6, 6.07) is 24.8. The average molecular weight is 347 g/mol. The first-order valence-corrected chi connectivity index (χ1v) is 8.94. The van der Waals surface area contributed by atoms with Crippen LogP contribution in [0.25, 0.3) is 11.1 Å². The highest BCUT2D eigenvalue weighted by Crippen LogP contribution is 2.32. The van der Waals surface area contributed by atoms with Gasteiger partial charge >= 0.3 is 5.17 Å². The topological polar surface area (TPSA) is 64.0 Å². The summed E-state index contributed by atoms with van der Waals surface area (Å²) >= 11 is 1.52. The molecule has 0 fully saturated rings. The molecule has 4 nitrogen and oxygen atoms in total. The summed E-state index contributed by atoms with van der Waals surface area (Å²) in [5.41, 5.74) is 11.8. The number of hydrogen-bond donors (Lipinski definition) is 4. The molecule has 0 aliphatic carbocycles. The summed E-state index contributed by atoms with van der Waals surface area (Å²) in [6.07, 6.45) is 0. The maximum atomic E-state index is 6.10. The van der Waals surface area contributed by atoms with Gasteiger partial charge in [-0.3, -0.25) is 5.73 Å². The predicted molar refractivity (Wildman–Crippen MR) is 106 cm³/mol. The van der Waals surface area contributed by atoms with E-state index in [2.05, 4.69) is 58.1 Å². The third kappa shape index (κ3) is 3.61. The number of benzene rings is 3. The van der Waals surface area contributed by atoms with Gasteiger partial charge in [0.15, 0.2) is 0 Å². The van der Waals surface area contributed by atoms with Crippen LogP contribution in [-0.4, -0.2) is 11.8 Å². The summed E-state index contributed by atoms with van der Waals surface area (Å²) < 4.78 is 0. The largest absolute Gasteiger partial charge is 0.366 e. The number of thioether (sulfide) groups is 1. The van der Waals surface area contributed by atoms with Crippen molar-refractivity contribution in [2.24, 2.45) is 5.73 Å². The minimum atomic E-state index is 0.659. The van der Waals surface area contributed by atoms with Crippen LogP contribution >= 0.6 is 11.8 Å². The normalized spacial score (nSPS) is 13.0. The summed E-state index contributed by atoms with van der Waals surface area (Å²) in [4.78, 5) is 4.31. The Labute approximate surface area is 151 Å². The Morgan fingerprint density at radius 2 is 1.56 bits per heavy atom.